The molecule has 0 radical (unpaired) electrons. The van der Waals surface area contributed by atoms with Crippen LogP contribution in [0.2, 0.25) is 0 Å². The SMILES string of the molecule is CCCS(=O)(=O)Nc1cccc(C(=O)N(C)Cc2ccccc2OCC)c1. The van der Waals surface area contributed by atoms with Gasteiger partial charge in [0.15, 0.2) is 0 Å². The molecule has 0 atom stereocenters. The van der Waals surface area contributed by atoms with Crippen molar-refractivity contribution in [2.24, 2.45) is 0 Å². The maximum absolute atomic E-state index is 12.8. The molecule has 0 heterocycles. The third-order valence-electron chi connectivity index (χ3n) is 3.88. The number of rotatable bonds is 9. The molecule has 0 aliphatic rings. The number of anilines is 1. The molecule has 1 amide bonds. The molecule has 6 nitrogen and oxygen atoms in total. The number of amides is 1. The van der Waals surface area contributed by atoms with Crippen LogP contribution in [0.1, 0.15) is 36.2 Å². The van der Waals surface area contributed by atoms with E-state index in [1.54, 1.807) is 43.1 Å². The average Bonchev–Trinajstić information content (AvgIpc) is 2.62. The zero-order valence-electron chi connectivity index (χ0n) is 15.9. The van der Waals surface area contributed by atoms with Crippen molar-refractivity contribution < 1.29 is 17.9 Å². The zero-order valence-corrected chi connectivity index (χ0v) is 16.8. The first-order chi connectivity index (χ1) is 12.9. The Kier molecular flexibility index (Phi) is 7.24. The summed E-state index contributed by atoms with van der Waals surface area (Å²) >= 11 is 0. The standard InChI is InChI=1S/C20H26N2O4S/c1-4-13-27(24,25)21-18-11-8-10-16(14-18)20(23)22(3)15-17-9-6-7-12-19(17)26-5-2/h6-12,14,21H,4-5,13,15H2,1-3H3. The molecule has 2 aromatic rings. The summed E-state index contributed by atoms with van der Waals surface area (Å²) < 4.78 is 32.0. The van der Waals surface area contributed by atoms with Gasteiger partial charge in [-0.25, -0.2) is 8.42 Å². The normalized spacial score (nSPS) is 11.1. The van der Waals surface area contributed by atoms with Gasteiger partial charge in [0.1, 0.15) is 5.75 Å². The van der Waals surface area contributed by atoms with Crippen molar-refractivity contribution in [3.05, 3.63) is 59.7 Å². The largest absolute Gasteiger partial charge is 0.494 e. The van der Waals surface area contributed by atoms with Gasteiger partial charge in [0.25, 0.3) is 5.91 Å². The van der Waals surface area contributed by atoms with Gasteiger partial charge in [-0.3, -0.25) is 9.52 Å². The fourth-order valence-electron chi connectivity index (χ4n) is 2.69. The highest BCUT2D eigenvalue weighted by Gasteiger charge is 2.16. The second-order valence-corrected chi connectivity index (χ2v) is 8.05. The molecule has 2 aromatic carbocycles. The second-order valence-electron chi connectivity index (χ2n) is 6.20. The second kappa shape index (κ2) is 9.41. The van der Waals surface area contributed by atoms with Gasteiger partial charge in [-0.1, -0.05) is 31.2 Å². The smallest absolute Gasteiger partial charge is 0.253 e. The Labute approximate surface area is 161 Å². The van der Waals surface area contributed by atoms with Crippen molar-refractivity contribution in [2.45, 2.75) is 26.8 Å². The van der Waals surface area contributed by atoms with Crippen LogP contribution >= 0.6 is 0 Å². The number of ether oxygens (including phenoxy) is 1. The van der Waals surface area contributed by atoms with Gasteiger partial charge in [-0.05, 0) is 37.6 Å². The van der Waals surface area contributed by atoms with Crippen LogP contribution in [-0.2, 0) is 16.6 Å². The van der Waals surface area contributed by atoms with Crippen LogP contribution in [0.4, 0.5) is 5.69 Å². The average molecular weight is 391 g/mol. The van der Waals surface area contributed by atoms with E-state index < -0.39 is 10.0 Å². The molecule has 0 bridgehead atoms. The predicted octanol–water partition coefficient (Wildman–Crippen LogP) is 3.51. The van der Waals surface area contributed by atoms with Gasteiger partial charge in [0.2, 0.25) is 10.0 Å². The number of carbonyl (C=O) groups is 1. The molecule has 7 heteroatoms. The Morgan fingerprint density at radius 3 is 2.56 bits per heavy atom. The molecule has 2 rings (SSSR count). The van der Waals surface area contributed by atoms with Crippen LogP contribution in [-0.4, -0.2) is 38.6 Å². The van der Waals surface area contributed by atoms with Gasteiger partial charge in [-0.2, -0.15) is 0 Å². The third-order valence-corrected chi connectivity index (χ3v) is 5.37. The molecular weight excluding hydrogens is 364 g/mol. The predicted molar refractivity (Wildman–Crippen MR) is 108 cm³/mol. The first kappa shape index (κ1) is 20.8. The van der Waals surface area contributed by atoms with E-state index in [2.05, 4.69) is 4.72 Å². The van der Waals surface area contributed by atoms with Crippen molar-refractivity contribution in [3.63, 3.8) is 0 Å². The summed E-state index contributed by atoms with van der Waals surface area (Å²) in [6.45, 7) is 4.65. The van der Waals surface area contributed by atoms with Crippen LogP contribution in [0.5, 0.6) is 5.75 Å². The number of nitrogens with one attached hydrogen (secondary N) is 1. The van der Waals surface area contributed by atoms with Crippen LogP contribution in [0.25, 0.3) is 0 Å². The van der Waals surface area contributed by atoms with E-state index in [0.717, 1.165) is 11.3 Å². The third kappa shape index (κ3) is 5.99. The number of carbonyl (C=O) groups excluding carboxylic acids is 1. The Balaban J connectivity index is 2.14. The minimum absolute atomic E-state index is 0.0410. The molecule has 27 heavy (non-hydrogen) atoms. The summed E-state index contributed by atoms with van der Waals surface area (Å²) in [5.74, 6) is 0.595. The van der Waals surface area contributed by atoms with E-state index in [1.165, 1.54) is 0 Å². The van der Waals surface area contributed by atoms with Crippen molar-refractivity contribution in [1.82, 2.24) is 4.90 Å². The lowest BCUT2D eigenvalue weighted by molar-refractivity contribution is 0.0784. The first-order valence-electron chi connectivity index (χ1n) is 8.93. The summed E-state index contributed by atoms with van der Waals surface area (Å²) in [7, 11) is -1.69. The summed E-state index contributed by atoms with van der Waals surface area (Å²) in [5, 5.41) is 0. The fraction of sp³-hybridized carbons (Fsp3) is 0.350. The molecule has 0 aliphatic carbocycles. The number of para-hydroxylation sites is 1. The van der Waals surface area contributed by atoms with Crippen LogP contribution in [0.3, 0.4) is 0 Å². The Hall–Kier alpha value is -2.54. The molecule has 1 N–H and O–H groups in total. The van der Waals surface area contributed by atoms with Gasteiger partial charge in [0.05, 0.1) is 12.4 Å². The molecule has 0 saturated heterocycles. The first-order valence-corrected chi connectivity index (χ1v) is 10.6. The van der Waals surface area contributed by atoms with Crippen LogP contribution < -0.4 is 9.46 Å². The molecule has 0 fully saturated rings. The summed E-state index contributed by atoms with van der Waals surface area (Å²) in [4.78, 5) is 14.4. The fourth-order valence-corrected chi connectivity index (χ4v) is 3.82. The van der Waals surface area contributed by atoms with Gasteiger partial charge < -0.3 is 9.64 Å². The van der Waals surface area contributed by atoms with Crippen molar-refractivity contribution in [1.29, 1.82) is 0 Å². The van der Waals surface area contributed by atoms with Crippen LogP contribution in [0.15, 0.2) is 48.5 Å². The maximum atomic E-state index is 12.8. The molecule has 146 valence electrons. The summed E-state index contributed by atoms with van der Waals surface area (Å²) in [6, 6.07) is 14.1. The molecule has 0 saturated carbocycles. The minimum atomic E-state index is -3.40. The van der Waals surface area contributed by atoms with Gasteiger partial charge in [-0.15, -0.1) is 0 Å². The highest BCUT2D eigenvalue weighted by Crippen LogP contribution is 2.21. The minimum Gasteiger partial charge on any atom is -0.494 e. The number of sulfonamides is 1. The number of hydrogen-bond acceptors (Lipinski definition) is 4. The molecule has 0 spiro atoms. The molecule has 0 aliphatic heterocycles. The molecule has 0 unspecified atom stereocenters. The highest BCUT2D eigenvalue weighted by molar-refractivity contribution is 7.92. The Bertz CT molecular complexity index is 881. The van der Waals surface area contributed by atoms with E-state index in [1.807, 2.05) is 31.2 Å². The summed E-state index contributed by atoms with van der Waals surface area (Å²) in [6.07, 6.45) is 0.524. The van der Waals surface area contributed by atoms with E-state index in [0.29, 0.717) is 30.8 Å². The van der Waals surface area contributed by atoms with E-state index >= 15 is 0 Å². The van der Waals surface area contributed by atoms with Crippen molar-refractivity contribution in [2.75, 3.05) is 24.1 Å². The summed E-state index contributed by atoms with van der Waals surface area (Å²) in [5.41, 5.74) is 1.72. The number of nitrogens with zero attached hydrogens (tertiary/aromatic N) is 1. The monoisotopic (exact) mass is 390 g/mol. The van der Waals surface area contributed by atoms with Gasteiger partial charge in [0, 0.05) is 30.4 Å². The lowest BCUT2D eigenvalue weighted by atomic mass is 10.1. The maximum Gasteiger partial charge on any atom is 0.253 e. The number of hydrogen-bond donors (Lipinski definition) is 1. The van der Waals surface area contributed by atoms with Crippen molar-refractivity contribution in [3.8, 4) is 5.75 Å². The molecule has 0 aromatic heterocycles. The Morgan fingerprint density at radius 2 is 1.85 bits per heavy atom. The van der Waals surface area contributed by atoms with E-state index in [4.69, 9.17) is 4.74 Å². The lowest BCUT2D eigenvalue weighted by Crippen LogP contribution is -2.26. The van der Waals surface area contributed by atoms with E-state index in [-0.39, 0.29) is 11.7 Å². The van der Waals surface area contributed by atoms with Crippen LogP contribution in [0, 0.1) is 0 Å². The number of benzene rings is 2. The topological polar surface area (TPSA) is 75.7 Å². The van der Waals surface area contributed by atoms with Gasteiger partial charge >= 0.3 is 0 Å². The quantitative estimate of drug-likeness (QED) is 0.711. The zero-order chi connectivity index (χ0) is 19.9. The highest BCUT2D eigenvalue weighted by atomic mass is 32.2. The molecular formula is C20H26N2O4S. The van der Waals surface area contributed by atoms with Crippen molar-refractivity contribution >= 4 is 21.6 Å². The van der Waals surface area contributed by atoms with E-state index in [9.17, 15) is 13.2 Å². The lowest BCUT2D eigenvalue weighted by Gasteiger charge is -2.19. The Morgan fingerprint density at radius 1 is 1.11 bits per heavy atom.